The summed E-state index contributed by atoms with van der Waals surface area (Å²) < 4.78 is 0. The van der Waals surface area contributed by atoms with Gasteiger partial charge in [-0.1, -0.05) is 60.7 Å². The summed E-state index contributed by atoms with van der Waals surface area (Å²) in [5, 5.41) is 13.3. The number of carbonyl (C=O) groups is 1. The zero-order valence-electron chi connectivity index (χ0n) is 15.9. The van der Waals surface area contributed by atoms with Crippen LogP contribution in [0.2, 0.25) is 0 Å². The van der Waals surface area contributed by atoms with Gasteiger partial charge in [-0.05, 0) is 35.7 Å². The van der Waals surface area contributed by atoms with E-state index in [2.05, 4.69) is 16.4 Å². The highest BCUT2D eigenvalue weighted by Gasteiger charge is 2.23. The van der Waals surface area contributed by atoms with Crippen molar-refractivity contribution in [2.45, 2.75) is 12.5 Å². The summed E-state index contributed by atoms with van der Waals surface area (Å²) in [6.45, 7) is 0.652. The molecule has 0 saturated carbocycles. The lowest BCUT2D eigenvalue weighted by Gasteiger charge is -2.18. The fraction of sp³-hybridized carbons (Fsp3) is 0.120. The van der Waals surface area contributed by atoms with Crippen LogP contribution in [0.4, 0.5) is 0 Å². The zero-order valence-corrected chi connectivity index (χ0v) is 15.9. The number of nitrogens with one attached hydrogen (secondary N) is 2. The number of hydrogen-bond acceptors (Lipinski definition) is 3. The summed E-state index contributed by atoms with van der Waals surface area (Å²) in [4.78, 5) is 16.6. The molecule has 4 heteroatoms. The number of carbonyl (C=O) groups excluding carboxylic acids is 1. The van der Waals surface area contributed by atoms with Crippen LogP contribution in [0, 0.1) is 11.3 Å². The van der Waals surface area contributed by atoms with Crippen molar-refractivity contribution >= 4 is 16.7 Å². The Morgan fingerprint density at radius 1 is 0.966 bits per heavy atom. The minimum absolute atomic E-state index is 0.0495. The number of para-hydroxylation sites is 1. The second-order valence-electron chi connectivity index (χ2n) is 6.97. The monoisotopic (exact) mass is 379 g/mol. The van der Waals surface area contributed by atoms with Gasteiger partial charge in [0, 0.05) is 29.2 Å². The molecule has 1 heterocycles. The van der Waals surface area contributed by atoms with Crippen molar-refractivity contribution in [1.82, 2.24) is 10.3 Å². The highest BCUT2D eigenvalue weighted by molar-refractivity contribution is 6.10. The molecule has 0 aliphatic rings. The molecule has 4 rings (SSSR count). The molecule has 0 spiro atoms. The van der Waals surface area contributed by atoms with Gasteiger partial charge in [-0.15, -0.1) is 0 Å². The normalized spacial score (nSPS) is 11.8. The Kier molecular flexibility index (Phi) is 5.51. The van der Waals surface area contributed by atoms with Crippen molar-refractivity contribution in [3.8, 4) is 6.07 Å². The van der Waals surface area contributed by atoms with Gasteiger partial charge in [-0.2, -0.15) is 5.26 Å². The lowest BCUT2D eigenvalue weighted by Crippen LogP contribution is -2.30. The third-order valence-corrected chi connectivity index (χ3v) is 5.09. The number of benzene rings is 3. The molecule has 142 valence electrons. The fourth-order valence-corrected chi connectivity index (χ4v) is 3.55. The summed E-state index contributed by atoms with van der Waals surface area (Å²) in [6.07, 6.45) is 2.57. The summed E-state index contributed by atoms with van der Waals surface area (Å²) in [5.74, 6) is 0.0495. The number of Topliss-reactive ketones (excluding diaryl/α,β-unsaturated/α-hetero) is 1. The van der Waals surface area contributed by atoms with Crippen LogP contribution in [0.25, 0.3) is 10.9 Å². The molecule has 0 aliphatic heterocycles. The number of ketones is 1. The maximum absolute atomic E-state index is 13.4. The quantitative estimate of drug-likeness (QED) is 0.453. The summed E-state index contributed by atoms with van der Waals surface area (Å²) in [6, 6.07) is 26.9. The minimum Gasteiger partial charge on any atom is -0.360 e. The second kappa shape index (κ2) is 8.55. The SMILES string of the molecule is N#Cc1ccc(CCN[C@H](C(=O)c2c[nH]c3ccccc23)c2ccccc2)cc1. The highest BCUT2D eigenvalue weighted by atomic mass is 16.1. The summed E-state index contributed by atoms with van der Waals surface area (Å²) >= 11 is 0. The maximum atomic E-state index is 13.4. The van der Waals surface area contributed by atoms with Gasteiger partial charge in [-0.25, -0.2) is 0 Å². The van der Waals surface area contributed by atoms with E-state index in [0.29, 0.717) is 17.7 Å². The fourth-order valence-electron chi connectivity index (χ4n) is 3.55. The largest absolute Gasteiger partial charge is 0.360 e. The Hall–Kier alpha value is -3.68. The van der Waals surface area contributed by atoms with Crippen LogP contribution in [-0.4, -0.2) is 17.3 Å². The van der Waals surface area contributed by atoms with Crippen LogP contribution < -0.4 is 5.32 Å². The average molecular weight is 379 g/mol. The van der Waals surface area contributed by atoms with Gasteiger partial charge in [0.15, 0.2) is 5.78 Å². The maximum Gasteiger partial charge on any atom is 0.186 e. The molecule has 0 amide bonds. The predicted molar refractivity (Wildman–Crippen MR) is 115 cm³/mol. The molecular formula is C25H21N3O. The van der Waals surface area contributed by atoms with Gasteiger partial charge in [0.1, 0.15) is 0 Å². The number of aromatic amines is 1. The third kappa shape index (κ3) is 4.11. The molecule has 0 bridgehead atoms. The lowest BCUT2D eigenvalue weighted by atomic mass is 9.96. The lowest BCUT2D eigenvalue weighted by molar-refractivity contribution is 0.0945. The first-order valence-corrected chi connectivity index (χ1v) is 9.64. The average Bonchev–Trinajstić information content (AvgIpc) is 3.21. The van der Waals surface area contributed by atoms with Crippen LogP contribution >= 0.6 is 0 Å². The van der Waals surface area contributed by atoms with Gasteiger partial charge in [0.25, 0.3) is 0 Å². The molecule has 0 fully saturated rings. The summed E-state index contributed by atoms with van der Waals surface area (Å²) in [7, 11) is 0. The third-order valence-electron chi connectivity index (χ3n) is 5.09. The van der Waals surface area contributed by atoms with Gasteiger partial charge < -0.3 is 10.3 Å². The topological polar surface area (TPSA) is 68.7 Å². The van der Waals surface area contributed by atoms with E-state index < -0.39 is 6.04 Å². The van der Waals surface area contributed by atoms with Gasteiger partial charge in [0.2, 0.25) is 0 Å². The minimum atomic E-state index is -0.422. The first-order chi connectivity index (χ1) is 14.3. The van der Waals surface area contributed by atoms with E-state index in [1.807, 2.05) is 78.9 Å². The zero-order chi connectivity index (χ0) is 20.1. The number of aromatic nitrogens is 1. The van der Waals surface area contributed by atoms with Crippen LogP contribution in [0.15, 0.2) is 85.1 Å². The first kappa shape index (κ1) is 18.7. The van der Waals surface area contributed by atoms with Crippen LogP contribution in [-0.2, 0) is 6.42 Å². The van der Waals surface area contributed by atoms with Crippen LogP contribution in [0.5, 0.6) is 0 Å². The van der Waals surface area contributed by atoms with E-state index in [4.69, 9.17) is 5.26 Å². The van der Waals surface area contributed by atoms with E-state index in [9.17, 15) is 4.79 Å². The van der Waals surface area contributed by atoms with E-state index in [0.717, 1.165) is 28.5 Å². The number of hydrogen-bond donors (Lipinski definition) is 2. The number of fused-ring (bicyclic) bond motifs is 1. The van der Waals surface area contributed by atoms with Crippen molar-refractivity contribution in [3.05, 3.63) is 107 Å². The van der Waals surface area contributed by atoms with Gasteiger partial charge >= 0.3 is 0 Å². The molecule has 0 unspecified atom stereocenters. The van der Waals surface area contributed by atoms with Crippen molar-refractivity contribution < 1.29 is 4.79 Å². The van der Waals surface area contributed by atoms with Gasteiger partial charge in [0.05, 0.1) is 17.7 Å². The molecule has 0 aliphatic carbocycles. The highest BCUT2D eigenvalue weighted by Crippen LogP contribution is 2.24. The van der Waals surface area contributed by atoms with Crippen molar-refractivity contribution in [2.75, 3.05) is 6.54 Å². The summed E-state index contributed by atoms with van der Waals surface area (Å²) in [5.41, 5.74) is 4.38. The Labute approximate surface area is 169 Å². The predicted octanol–water partition coefficient (Wildman–Crippen LogP) is 4.80. The van der Waals surface area contributed by atoms with E-state index >= 15 is 0 Å². The molecule has 0 saturated heterocycles. The van der Waals surface area contributed by atoms with E-state index in [1.54, 1.807) is 6.20 Å². The molecule has 0 radical (unpaired) electrons. The molecule has 1 aromatic heterocycles. The van der Waals surface area contributed by atoms with Crippen LogP contribution in [0.1, 0.15) is 33.1 Å². The Balaban J connectivity index is 1.55. The standard InChI is InChI=1S/C25H21N3O/c26-16-19-12-10-18(11-13-19)14-15-27-24(20-6-2-1-3-7-20)25(29)22-17-28-23-9-5-4-8-21(22)23/h1-13,17,24,27-28H,14-15H2/t24-/m0/s1. The number of nitrogens with zero attached hydrogens (tertiary/aromatic N) is 1. The molecule has 3 aromatic carbocycles. The Morgan fingerprint density at radius 2 is 1.69 bits per heavy atom. The molecule has 4 nitrogen and oxygen atoms in total. The van der Waals surface area contributed by atoms with Gasteiger partial charge in [-0.3, -0.25) is 4.79 Å². The van der Waals surface area contributed by atoms with Crippen molar-refractivity contribution in [3.63, 3.8) is 0 Å². The van der Waals surface area contributed by atoms with Crippen LogP contribution in [0.3, 0.4) is 0 Å². The molecule has 1 atom stereocenters. The molecule has 2 N–H and O–H groups in total. The van der Waals surface area contributed by atoms with E-state index in [-0.39, 0.29) is 5.78 Å². The number of H-pyrrole nitrogens is 1. The Bertz CT molecular complexity index is 1150. The van der Waals surface area contributed by atoms with E-state index in [1.165, 1.54) is 0 Å². The number of rotatable bonds is 7. The molecule has 29 heavy (non-hydrogen) atoms. The number of nitriles is 1. The van der Waals surface area contributed by atoms with Crippen molar-refractivity contribution in [2.24, 2.45) is 0 Å². The first-order valence-electron chi connectivity index (χ1n) is 9.64. The molecule has 4 aromatic rings. The second-order valence-corrected chi connectivity index (χ2v) is 6.97. The van der Waals surface area contributed by atoms with Crippen molar-refractivity contribution in [1.29, 1.82) is 5.26 Å². The smallest absolute Gasteiger partial charge is 0.186 e. The Morgan fingerprint density at radius 3 is 2.45 bits per heavy atom. The molecular weight excluding hydrogens is 358 g/mol.